The molecule has 4 fully saturated rings. The quantitative estimate of drug-likeness (QED) is 0.543. The van der Waals surface area contributed by atoms with Crippen molar-refractivity contribution in [1.29, 1.82) is 0 Å². The first-order valence-electron chi connectivity index (χ1n) is 14.0. The van der Waals surface area contributed by atoms with Gasteiger partial charge in [-0.05, 0) is 74.5 Å². The lowest BCUT2D eigenvalue weighted by Crippen LogP contribution is -2.53. The van der Waals surface area contributed by atoms with Crippen molar-refractivity contribution in [1.82, 2.24) is 18.8 Å². The van der Waals surface area contributed by atoms with E-state index in [1.54, 1.807) is 4.90 Å². The first-order chi connectivity index (χ1) is 18.4. The molecular weight excluding hydrogens is 533 g/mol. The largest absolute Gasteiger partial charge is 0.416 e. The Hall–Kier alpha value is -2.18. The number of hydrogen-bond acceptors (Lipinski definition) is 4. The second-order valence-electron chi connectivity index (χ2n) is 11.6. The van der Waals surface area contributed by atoms with Gasteiger partial charge in [-0.2, -0.15) is 30.2 Å². The van der Waals surface area contributed by atoms with Crippen molar-refractivity contribution in [2.24, 2.45) is 17.8 Å². The van der Waals surface area contributed by atoms with Crippen molar-refractivity contribution in [2.45, 2.75) is 70.1 Å². The van der Waals surface area contributed by atoms with Crippen LogP contribution in [0.4, 0.5) is 13.2 Å². The van der Waals surface area contributed by atoms with Crippen LogP contribution in [0.25, 0.3) is 0 Å². The molecule has 5 rings (SSSR count). The fourth-order valence-electron chi connectivity index (χ4n) is 6.19. The van der Waals surface area contributed by atoms with E-state index in [1.807, 2.05) is 6.92 Å². The average molecular weight is 571 g/mol. The van der Waals surface area contributed by atoms with E-state index in [4.69, 9.17) is 0 Å². The second kappa shape index (κ2) is 11.0. The molecule has 1 N–H and O–H groups in total. The zero-order valence-electron chi connectivity index (χ0n) is 22.2. The molecule has 4 atom stereocenters. The summed E-state index contributed by atoms with van der Waals surface area (Å²) in [4.78, 5) is 28.6. The third kappa shape index (κ3) is 6.12. The number of nitrogens with one attached hydrogen (secondary N) is 1. The van der Waals surface area contributed by atoms with Crippen LogP contribution >= 0.6 is 0 Å². The van der Waals surface area contributed by atoms with Crippen LogP contribution in [-0.2, 0) is 26.0 Å². The number of nitrogens with zero attached hydrogens (tertiary/aromatic N) is 3. The van der Waals surface area contributed by atoms with Crippen molar-refractivity contribution < 1.29 is 31.2 Å². The molecule has 0 bridgehead atoms. The topological polar surface area (TPSA) is 90.0 Å². The lowest BCUT2D eigenvalue weighted by Gasteiger charge is -2.36. The van der Waals surface area contributed by atoms with Gasteiger partial charge in [0.1, 0.15) is 6.04 Å². The number of alkyl halides is 3. The van der Waals surface area contributed by atoms with Gasteiger partial charge in [-0.25, -0.2) is 0 Å². The van der Waals surface area contributed by atoms with Gasteiger partial charge in [0.25, 0.3) is 10.2 Å². The van der Waals surface area contributed by atoms with E-state index in [9.17, 15) is 31.2 Å². The lowest BCUT2D eigenvalue weighted by atomic mass is 9.97. The van der Waals surface area contributed by atoms with Gasteiger partial charge in [0, 0.05) is 32.7 Å². The molecule has 8 nitrogen and oxygen atoms in total. The van der Waals surface area contributed by atoms with Gasteiger partial charge in [0.05, 0.1) is 17.5 Å². The normalized spacial score (nSPS) is 28.0. The summed E-state index contributed by atoms with van der Waals surface area (Å²) >= 11 is 0. The molecule has 3 heterocycles. The maximum atomic E-state index is 13.6. The van der Waals surface area contributed by atoms with Crippen LogP contribution in [0.15, 0.2) is 24.3 Å². The SMILES string of the molecule is C[C@@H]1CCN(S(=O)(=O)N2CCC[C@H](C(=O)N3CCC[C@@H]3C(=O)N[C@@H](c3ccc(C(F)(F)F)cc3)C3CC3)C2)C1. The summed E-state index contributed by atoms with van der Waals surface area (Å²) in [5, 5.41) is 3.03. The minimum Gasteiger partial charge on any atom is -0.347 e. The lowest BCUT2D eigenvalue weighted by molar-refractivity contribution is -0.142. The Morgan fingerprint density at radius 3 is 2.21 bits per heavy atom. The van der Waals surface area contributed by atoms with E-state index >= 15 is 0 Å². The minimum absolute atomic E-state index is 0.118. The van der Waals surface area contributed by atoms with Crippen LogP contribution in [0.1, 0.15) is 69.0 Å². The molecule has 12 heteroatoms. The van der Waals surface area contributed by atoms with Crippen LogP contribution in [0.3, 0.4) is 0 Å². The zero-order valence-corrected chi connectivity index (χ0v) is 23.0. The minimum atomic E-state index is -4.43. The Balaban J connectivity index is 1.24. The van der Waals surface area contributed by atoms with E-state index in [2.05, 4.69) is 5.32 Å². The van der Waals surface area contributed by atoms with Crippen LogP contribution in [0.5, 0.6) is 0 Å². The summed E-state index contributed by atoms with van der Waals surface area (Å²) in [5.41, 5.74) is -0.110. The highest BCUT2D eigenvalue weighted by atomic mass is 32.2. The van der Waals surface area contributed by atoms with Gasteiger partial charge in [-0.1, -0.05) is 19.1 Å². The Morgan fingerprint density at radius 1 is 0.923 bits per heavy atom. The monoisotopic (exact) mass is 570 g/mol. The number of carbonyl (C=O) groups is 2. The molecule has 39 heavy (non-hydrogen) atoms. The predicted octanol–water partition coefficient (Wildman–Crippen LogP) is 3.56. The van der Waals surface area contributed by atoms with E-state index in [-0.39, 0.29) is 24.3 Å². The molecule has 2 amide bonds. The molecule has 0 aromatic heterocycles. The Labute approximate surface area is 228 Å². The summed E-state index contributed by atoms with van der Waals surface area (Å²) in [7, 11) is -3.63. The maximum absolute atomic E-state index is 13.6. The number of rotatable bonds is 7. The van der Waals surface area contributed by atoms with Crippen molar-refractivity contribution >= 4 is 22.0 Å². The zero-order chi connectivity index (χ0) is 27.9. The van der Waals surface area contributed by atoms with Gasteiger partial charge < -0.3 is 10.2 Å². The highest BCUT2D eigenvalue weighted by molar-refractivity contribution is 7.86. The number of carbonyl (C=O) groups excluding carboxylic acids is 2. The molecular formula is C27H37F3N4O4S. The van der Waals surface area contributed by atoms with Gasteiger partial charge >= 0.3 is 6.18 Å². The summed E-state index contributed by atoms with van der Waals surface area (Å²) in [6.45, 7) is 3.95. The van der Waals surface area contributed by atoms with E-state index in [0.29, 0.717) is 63.3 Å². The van der Waals surface area contributed by atoms with Crippen molar-refractivity contribution in [3.8, 4) is 0 Å². The van der Waals surface area contributed by atoms with Gasteiger partial charge in [-0.15, -0.1) is 0 Å². The first kappa shape index (κ1) is 28.4. The number of halogens is 3. The molecule has 1 saturated carbocycles. The summed E-state index contributed by atoms with van der Waals surface area (Å²) in [5.74, 6) is -0.533. The predicted molar refractivity (Wildman–Crippen MR) is 138 cm³/mol. The number of hydrogen-bond donors (Lipinski definition) is 1. The molecule has 0 spiro atoms. The standard InChI is InChI=1S/C27H37F3N4O4S/c1-18-12-15-33(16-18)39(37,38)32-13-2-4-21(17-32)26(36)34-14-3-5-23(34)25(35)31-24(19-6-7-19)20-8-10-22(11-9-20)27(28,29)30/h8-11,18-19,21,23-24H,2-7,12-17H2,1H3,(H,31,35)/t18-,21+,23-,24-/m1/s1. The molecule has 216 valence electrons. The highest BCUT2D eigenvalue weighted by Gasteiger charge is 2.43. The molecule has 1 aromatic rings. The smallest absolute Gasteiger partial charge is 0.347 e. The van der Waals surface area contributed by atoms with Gasteiger partial charge in [-0.3, -0.25) is 9.59 Å². The Morgan fingerprint density at radius 2 is 1.59 bits per heavy atom. The van der Waals surface area contributed by atoms with Crippen molar-refractivity contribution in [3.05, 3.63) is 35.4 Å². The number of piperidine rings is 1. The summed E-state index contributed by atoms with van der Waals surface area (Å²) in [6, 6.07) is 3.83. The highest BCUT2D eigenvalue weighted by Crippen LogP contribution is 2.42. The average Bonchev–Trinajstić information content (AvgIpc) is 3.44. The van der Waals surface area contributed by atoms with Crippen LogP contribution in [-0.4, -0.2) is 72.5 Å². The Kier molecular flexibility index (Phi) is 8.00. The molecule has 0 radical (unpaired) electrons. The Bertz CT molecular complexity index is 1170. The molecule has 3 saturated heterocycles. The van der Waals surface area contributed by atoms with Crippen molar-refractivity contribution in [3.63, 3.8) is 0 Å². The fraction of sp³-hybridized carbons (Fsp3) is 0.704. The molecule has 1 aromatic carbocycles. The molecule has 3 aliphatic heterocycles. The third-order valence-electron chi connectivity index (χ3n) is 8.60. The first-order valence-corrected chi connectivity index (χ1v) is 15.4. The summed E-state index contributed by atoms with van der Waals surface area (Å²) < 4.78 is 68.4. The second-order valence-corrected chi connectivity index (χ2v) is 13.5. The van der Waals surface area contributed by atoms with E-state index in [0.717, 1.165) is 31.4 Å². The van der Waals surface area contributed by atoms with Crippen LogP contribution in [0.2, 0.25) is 0 Å². The van der Waals surface area contributed by atoms with Crippen molar-refractivity contribution in [2.75, 3.05) is 32.7 Å². The van der Waals surface area contributed by atoms with E-state index < -0.39 is 40.0 Å². The van der Waals surface area contributed by atoms with E-state index in [1.165, 1.54) is 20.7 Å². The fourth-order valence-corrected chi connectivity index (χ4v) is 8.02. The van der Waals surface area contributed by atoms with Gasteiger partial charge in [0.2, 0.25) is 11.8 Å². The summed E-state index contributed by atoms with van der Waals surface area (Å²) in [6.07, 6.45) is 0.477. The molecule has 1 aliphatic carbocycles. The molecule has 4 aliphatic rings. The molecule has 0 unspecified atom stereocenters. The van der Waals surface area contributed by atoms with Gasteiger partial charge in [0.15, 0.2) is 0 Å². The van der Waals surface area contributed by atoms with Crippen LogP contribution in [0, 0.1) is 17.8 Å². The van der Waals surface area contributed by atoms with Crippen LogP contribution < -0.4 is 5.32 Å². The number of benzene rings is 1. The maximum Gasteiger partial charge on any atom is 0.416 e. The number of amides is 2. The number of likely N-dealkylation sites (tertiary alicyclic amines) is 1. The third-order valence-corrected chi connectivity index (χ3v) is 10.6.